The van der Waals surface area contributed by atoms with Crippen molar-refractivity contribution in [2.45, 2.75) is 11.8 Å². The maximum absolute atomic E-state index is 5.88. The van der Waals surface area contributed by atoms with E-state index in [-0.39, 0.29) is 0 Å². The molecule has 1 aliphatic carbocycles. The third-order valence-electron chi connectivity index (χ3n) is 1.79. The molecule has 0 aliphatic heterocycles. The summed E-state index contributed by atoms with van der Waals surface area (Å²) in [4.78, 5) is 0. The lowest BCUT2D eigenvalue weighted by Gasteiger charge is -2.23. The van der Waals surface area contributed by atoms with E-state index in [1.165, 1.54) is 11.1 Å². The molecule has 1 heteroatoms. The Hall–Kier alpha value is -0.490. The van der Waals surface area contributed by atoms with Crippen molar-refractivity contribution >= 4 is 11.6 Å². The van der Waals surface area contributed by atoms with E-state index in [9.17, 15) is 0 Å². The normalized spacial score (nSPS) is 22.6. The van der Waals surface area contributed by atoms with E-state index in [2.05, 4.69) is 18.2 Å². The highest BCUT2D eigenvalue weighted by Crippen LogP contribution is 2.37. The Bertz CT molecular complexity index is 230. The van der Waals surface area contributed by atoms with E-state index >= 15 is 0 Å². The average Bonchev–Trinajstić information content (AvgIpc) is 1.86. The predicted octanol–water partition coefficient (Wildman–Crippen LogP) is 2.52. The van der Waals surface area contributed by atoms with Gasteiger partial charge in [-0.25, -0.2) is 0 Å². The van der Waals surface area contributed by atoms with Crippen LogP contribution in [-0.4, -0.2) is 0 Å². The van der Waals surface area contributed by atoms with Crippen LogP contribution in [-0.2, 0) is 6.42 Å². The van der Waals surface area contributed by atoms with E-state index in [0.29, 0.717) is 5.38 Å². The maximum Gasteiger partial charge on any atom is 0.0628 e. The highest BCUT2D eigenvalue weighted by atomic mass is 35.5. The summed E-state index contributed by atoms with van der Waals surface area (Å²) in [5.74, 6) is 0. The Kier molecular flexibility index (Phi) is 1.03. The molecule has 1 aliphatic rings. The average molecular weight is 139 g/mol. The monoisotopic (exact) mass is 138 g/mol. The van der Waals surface area contributed by atoms with Gasteiger partial charge >= 0.3 is 0 Å². The van der Waals surface area contributed by atoms with Gasteiger partial charge < -0.3 is 0 Å². The second-order valence-electron chi connectivity index (χ2n) is 2.37. The fraction of sp³-hybridized carbons (Fsp3) is 0.250. The lowest BCUT2D eigenvalue weighted by Crippen LogP contribution is -2.10. The first-order valence-corrected chi connectivity index (χ1v) is 3.53. The molecule has 1 aromatic rings. The lowest BCUT2D eigenvalue weighted by atomic mass is 9.88. The van der Waals surface area contributed by atoms with Crippen LogP contribution in [0.1, 0.15) is 16.5 Å². The SMILES string of the molecule is ClC1Cc2ccccc21. The van der Waals surface area contributed by atoms with Crippen molar-refractivity contribution in [3.05, 3.63) is 35.4 Å². The molecule has 1 aromatic carbocycles. The van der Waals surface area contributed by atoms with Gasteiger partial charge in [0, 0.05) is 0 Å². The van der Waals surface area contributed by atoms with Crippen LogP contribution < -0.4 is 0 Å². The van der Waals surface area contributed by atoms with Crippen LogP contribution in [0.4, 0.5) is 0 Å². The Morgan fingerprint density at radius 2 is 2.11 bits per heavy atom. The van der Waals surface area contributed by atoms with Gasteiger partial charge in [-0.2, -0.15) is 0 Å². The zero-order valence-corrected chi connectivity index (χ0v) is 5.73. The second-order valence-corrected chi connectivity index (χ2v) is 2.90. The highest BCUT2D eigenvalue weighted by molar-refractivity contribution is 6.22. The van der Waals surface area contributed by atoms with Gasteiger partial charge in [0.15, 0.2) is 0 Å². The third kappa shape index (κ3) is 0.665. The fourth-order valence-corrected chi connectivity index (χ4v) is 1.58. The molecule has 9 heavy (non-hydrogen) atoms. The number of alkyl halides is 1. The zero-order valence-electron chi connectivity index (χ0n) is 4.97. The van der Waals surface area contributed by atoms with Crippen LogP contribution in [0.3, 0.4) is 0 Å². The standard InChI is InChI=1S/C8H7Cl/c9-8-5-6-3-1-2-4-7(6)8/h1-4,8H,5H2. The van der Waals surface area contributed by atoms with Crippen molar-refractivity contribution in [2.75, 3.05) is 0 Å². The molecular formula is C8H7Cl. The first-order chi connectivity index (χ1) is 4.38. The Labute approximate surface area is 59.5 Å². The van der Waals surface area contributed by atoms with Crippen LogP contribution in [0.2, 0.25) is 0 Å². The summed E-state index contributed by atoms with van der Waals surface area (Å²) >= 11 is 5.88. The zero-order chi connectivity index (χ0) is 6.27. The minimum atomic E-state index is 0.293. The van der Waals surface area contributed by atoms with E-state index in [1.54, 1.807) is 0 Å². The van der Waals surface area contributed by atoms with Crippen LogP contribution >= 0.6 is 11.6 Å². The molecule has 0 amide bonds. The molecule has 0 N–H and O–H groups in total. The summed E-state index contributed by atoms with van der Waals surface area (Å²) in [6.07, 6.45) is 1.05. The first-order valence-electron chi connectivity index (χ1n) is 3.10. The smallest absolute Gasteiger partial charge is 0.0628 e. The molecule has 1 atom stereocenters. The predicted molar refractivity (Wildman–Crippen MR) is 38.7 cm³/mol. The van der Waals surface area contributed by atoms with Crippen molar-refractivity contribution in [3.8, 4) is 0 Å². The topological polar surface area (TPSA) is 0 Å². The van der Waals surface area contributed by atoms with Gasteiger partial charge in [-0.1, -0.05) is 24.3 Å². The molecule has 0 aromatic heterocycles. The van der Waals surface area contributed by atoms with Crippen molar-refractivity contribution in [1.82, 2.24) is 0 Å². The molecule has 1 unspecified atom stereocenters. The minimum absolute atomic E-state index is 0.293. The van der Waals surface area contributed by atoms with Crippen LogP contribution in [0.25, 0.3) is 0 Å². The number of fused-ring (bicyclic) bond motifs is 1. The van der Waals surface area contributed by atoms with Crippen LogP contribution in [0, 0.1) is 0 Å². The summed E-state index contributed by atoms with van der Waals surface area (Å²) in [6.45, 7) is 0. The highest BCUT2D eigenvalue weighted by Gasteiger charge is 2.21. The summed E-state index contributed by atoms with van der Waals surface area (Å²) in [7, 11) is 0. The van der Waals surface area contributed by atoms with Gasteiger partial charge in [0.25, 0.3) is 0 Å². The molecule has 2 rings (SSSR count). The van der Waals surface area contributed by atoms with E-state index < -0.39 is 0 Å². The maximum atomic E-state index is 5.88. The lowest BCUT2D eigenvalue weighted by molar-refractivity contribution is 0.804. The number of rotatable bonds is 0. The van der Waals surface area contributed by atoms with Gasteiger partial charge in [-0.3, -0.25) is 0 Å². The molecular weight excluding hydrogens is 132 g/mol. The van der Waals surface area contributed by atoms with Crippen LogP contribution in [0.5, 0.6) is 0 Å². The van der Waals surface area contributed by atoms with Crippen molar-refractivity contribution in [1.29, 1.82) is 0 Å². The van der Waals surface area contributed by atoms with E-state index in [1.807, 2.05) is 6.07 Å². The number of hydrogen-bond acceptors (Lipinski definition) is 0. The van der Waals surface area contributed by atoms with Gasteiger partial charge in [0.1, 0.15) is 0 Å². The Balaban J connectivity index is 2.51. The molecule has 0 nitrogen and oxygen atoms in total. The van der Waals surface area contributed by atoms with Gasteiger partial charge in [-0.05, 0) is 17.5 Å². The minimum Gasteiger partial charge on any atom is -0.117 e. The summed E-state index contributed by atoms with van der Waals surface area (Å²) in [5, 5.41) is 0.293. The summed E-state index contributed by atoms with van der Waals surface area (Å²) < 4.78 is 0. The van der Waals surface area contributed by atoms with E-state index in [0.717, 1.165) is 6.42 Å². The van der Waals surface area contributed by atoms with Gasteiger partial charge in [0.2, 0.25) is 0 Å². The van der Waals surface area contributed by atoms with Gasteiger partial charge in [-0.15, -0.1) is 11.6 Å². The molecule has 0 saturated carbocycles. The Morgan fingerprint density at radius 1 is 1.33 bits per heavy atom. The third-order valence-corrected chi connectivity index (χ3v) is 2.18. The van der Waals surface area contributed by atoms with Crippen molar-refractivity contribution < 1.29 is 0 Å². The summed E-state index contributed by atoms with van der Waals surface area (Å²) in [6, 6.07) is 8.32. The largest absolute Gasteiger partial charge is 0.117 e. The second kappa shape index (κ2) is 1.74. The van der Waals surface area contributed by atoms with Crippen molar-refractivity contribution in [2.24, 2.45) is 0 Å². The van der Waals surface area contributed by atoms with Crippen LogP contribution in [0.15, 0.2) is 24.3 Å². The fourth-order valence-electron chi connectivity index (χ4n) is 1.20. The molecule has 0 fully saturated rings. The first kappa shape index (κ1) is 5.31. The number of halogens is 1. The molecule has 0 heterocycles. The number of benzene rings is 1. The van der Waals surface area contributed by atoms with E-state index in [4.69, 9.17) is 11.6 Å². The molecule has 0 bridgehead atoms. The molecule has 46 valence electrons. The summed E-state index contributed by atoms with van der Waals surface area (Å²) in [5.41, 5.74) is 2.73. The number of hydrogen-bond donors (Lipinski definition) is 0. The molecule has 0 saturated heterocycles. The Morgan fingerprint density at radius 3 is 2.67 bits per heavy atom. The van der Waals surface area contributed by atoms with Crippen molar-refractivity contribution in [3.63, 3.8) is 0 Å². The molecule has 0 spiro atoms. The van der Waals surface area contributed by atoms with Gasteiger partial charge in [0.05, 0.1) is 5.38 Å². The quantitative estimate of drug-likeness (QED) is 0.484. The molecule has 0 radical (unpaired) electrons.